The van der Waals surface area contributed by atoms with Crippen molar-refractivity contribution >= 4 is 27.7 Å². The zero-order valence-corrected chi connectivity index (χ0v) is 12.5. The van der Waals surface area contributed by atoms with Crippen LogP contribution in [0, 0.1) is 0 Å². The van der Waals surface area contributed by atoms with E-state index in [0.29, 0.717) is 11.3 Å². The van der Waals surface area contributed by atoms with Crippen molar-refractivity contribution in [1.82, 2.24) is 0 Å². The highest BCUT2D eigenvalue weighted by Crippen LogP contribution is 2.21. The second-order valence-corrected chi connectivity index (χ2v) is 5.15. The molecule has 118 valence electrons. The number of azide groups is 1. The Labute approximate surface area is 130 Å². The third-order valence-corrected chi connectivity index (χ3v) is 2.95. The molecule has 11 nitrogen and oxygen atoms in total. The van der Waals surface area contributed by atoms with E-state index in [4.69, 9.17) is 11.1 Å². The summed E-state index contributed by atoms with van der Waals surface area (Å²) in [5.74, 6) is -0.500. The number of carbonyl (C=O) groups excluding carboxylic acids is 2. The molecule has 1 aromatic carbocycles. The zero-order valence-electron chi connectivity index (χ0n) is 11.6. The van der Waals surface area contributed by atoms with Gasteiger partial charge in [0.1, 0.15) is 0 Å². The molecule has 1 aromatic rings. The summed E-state index contributed by atoms with van der Waals surface area (Å²) in [6, 6.07) is 8.91. The molecule has 1 heterocycles. The van der Waals surface area contributed by atoms with Gasteiger partial charge >= 0.3 is 10.2 Å². The van der Waals surface area contributed by atoms with Crippen LogP contribution in [-0.4, -0.2) is 20.2 Å². The molecule has 0 radical (unpaired) electrons. The highest BCUT2D eigenvalue weighted by Gasteiger charge is 2.29. The Morgan fingerprint density at radius 3 is 1.96 bits per heavy atom. The lowest BCUT2D eigenvalue weighted by atomic mass is 10.3. The minimum absolute atomic E-state index is 0.235. The first-order valence-electron chi connectivity index (χ1n) is 5.82. The Kier molecular flexibility index (Phi) is 5.87. The molecule has 0 saturated heterocycles. The Morgan fingerprint density at radius 1 is 1.04 bits per heavy atom. The van der Waals surface area contributed by atoms with Crippen molar-refractivity contribution in [3.8, 4) is 0 Å². The van der Waals surface area contributed by atoms with E-state index in [2.05, 4.69) is 9.04 Å². The van der Waals surface area contributed by atoms with Crippen molar-refractivity contribution in [3.05, 3.63) is 62.9 Å². The van der Waals surface area contributed by atoms with Crippen LogP contribution in [0.25, 0.3) is 20.9 Å². The number of anilines is 1. The number of amides is 2. The third kappa shape index (κ3) is 4.86. The number of rotatable bonds is 3. The van der Waals surface area contributed by atoms with E-state index in [1.165, 1.54) is 11.0 Å². The summed E-state index contributed by atoms with van der Waals surface area (Å²) in [7, 11) is -4.27. The van der Waals surface area contributed by atoms with E-state index in [-0.39, 0.29) is 11.8 Å². The molecular formula is C11H9N7O4S. The summed E-state index contributed by atoms with van der Waals surface area (Å²) in [6.45, 7) is 1.64. The molecule has 0 N–H and O–H groups in total. The highest BCUT2D eigenvalue weighted by atomic mass is 32.2. The number of benzene rings is 1. The molecule has 0 unspecified atom stereocenters. The van der Waals surface area contributed by atoms with Crippen LogP contribution >= 0.6 is 0 Å². The third-order valence-electron chi connectivity index (χ3n) is 2.39. The molecule has 0 spiro atoms. The SMILES string of the molecule is CC1=CC(=O)N(c2ccccc2)C1=O.[N-]=[N+]=NS(=O)(=O)N=[N+]=[N-]. The van der Waals surface area contributed by atoms with E-state index in [1.807, 2.05) is 15.9 Å². The maximum atomic E-state index is 11.6. The topological polar surface area (TPSA) is 169 Å². The Balaban J connectivity index is 0.000000257. The van der Waals surface area contributed by atoms with E-state index in [9.17, 15) is 18.0 Å². The van der Waals surface area contributed by atoms with Crippen molar-refractivity contribution in [2.75, 3.05) is 4.90 Å². The van der Waals surface area contributed by atoms with Gasteiger partial charge in [-0.2, -0.15) is 0 Å². The summed E-state index contributed by atoms with van der Waals surface area (Å²) in [4.78, 5) is 27.9. The fourth-order valence-corrected chi connectivity index (χ4v) is 1.74. The molecule has 23 heavy (non-hydrogen) atoms. The van der Waals surface area contributed by atoms with Crippen LogP contribution in [0.2, 0.25) is 0 Å². The van der Waals surface area contributed by atoms with Crippen molar-refractivity contribution in [2.45, 2.75) is 6.92 Å². The van der Waals surface area contributed by atoms with Gasteiger partial charge in [-0.3, -0.25) is 9.59 Å². The first kappa shape index (κ1) is 17.7. The number of carbonyl (C=O) groups is 2. The standard InChI is InChI=1S/C11H9NO2.N6O2S/c1-8-7-10(13)12(11(8)14)9-5-3-2-4-6-9;1-3-5-9(7,8)6-4-2/h2-7H,1H3;. The van der Waals surface area contributed by atoms with Gasteiger partial charge in [-0.1, -0.05) is 18.2 Å². The fraction of sp³-hybridized carbons (Fsp3) is 0.0909. The van der Waals surface area contributed by atoms with Crippen LogP contribution in [0.4, 0.5) is 5.69 Å². The van der Waals surface area contributed by atoms with Crippen LogP contribution in [0.15, 0.2) is 51.0 Å². The molecular weight excluding hydrogens is 326 g/mol. The molecule has 2 rings (SSSR count). The van der Waals surface area contributed by atoms with Crippen LogP contribution in [0.5, 0.6) is 0 Å². The highest BCUT2D eigenvalue weighted by molar-refractivity contribution is 7.88. The van der Waals surface area contributed by atoms with Crippen LogP contribution in [-0.2, 0) is 19.8 Å². The van der Waals surface area contributed by atoms with Gasteiger partial charge < -0.3 is 0 Å². The van der Waals surface area contributed by atoms with E-state index < -0.39 is 10.2 Å². The van der Waals surface area contributed by atoms with Crippen LogP contribution < -0.4 is 4.90 Å². The summed E-state index contributed by atoms with van der Waals surface area (Å²) in [5.41, 5.74) is 16.2. The van der Waals surface area contributed by atoms with Gasteiger partial charge in [0.2, 0.25) is 0 Å². The number of hydrogen-bond donors (Lipinski definition) is 0. The normalized spacial score (nSPS) is 13.3. The first-order valence-corrected chi connectivity index (χ1v) is 7.21. The lowest BCUT2D eigenvalue weighted by molar-refractivity contribution is -0.120. The minimum atomic E-state index is -4.27. The van der Waals surface area contributed by atoms with Crippen molar-refractivity contribution < 1.29 is 18.0 Å². The van der Waals surface area contributed by atoms with Gasteiger partial charge in [0.15, 0.2) is 0 Å². The summed E-state index contributed by atoms with van der Waals surface area (Å²) in [6.07, 6.45) is 1.36. The quantitative estimate of drug-likeness (QED) is 0.357. The summed E-state index contributed by atoms with van der Waals surface area (Å²) >= 11 is 0. The van der Waals surface area contributed by atoms with Gasteiger partial charge in [-0.15, -0.1) is 0 Å². The van der Waals surface area contributed by atoms with E-state index >= 15 is 0 Å². The van der Waals surface area contributed by atoms with Crippen molar-refractivity contribution in [2.24, 2.45) is 9.04 Å². The Hall–Kier alpha value is -3.33. The van der Waals surface area contributed by atoms with Gasteiger partial charge in [-0.25, -0.2) is 13.3 Å². The second-order valence-electron chi connectivity index (χ2n) is 3.93. The zero-order chi connectivity index (χ0) is 17.5. The van der Waals surface area contributed by atoms with Gasteiger partial charge in [0.05, 0.1) is 5.69 Å². The molecule has 0 saturated carbocycles. The largest absolute Gasteiger partial charge is 0.321 e. The maximum absolute atomic E-state index is 11.6. The number of para-hydroxylation sites is 1. The molecule has 0 fully saturated rings. The minimum Gasteiger partial charge on any atom is -0.269 e. The van der Waals surface area contributed by atoms with Gasteiger partial charge in [-0.05, 0) is 30.1 Å². The van der Waals surface area contributed by atoms with Gasteiger partial charge in [0.25, 0.3) is 11.8 Å². The molecule has 12 heteroatoms. The summed E-state index contributed by atoms with van der Waals surface area (Å²) < 4.78 is 24.3. The molecule has 2 amide bonds. The number of imide groups is 1. The molecule has 1 aliphatic heterocycles. The second kappa shape index (κ2) is 7.61. The predicted octanol–water partition coefficient (Wildman–Crippen LogP) is 2.36. The monoisotopic (exact) mass is 335 g/mol. The summed E-state index contributed by atoms with van der Waals surface area (Å²) in [5, 5.41) is 0. The van der Waals surface area contributed by atoms with Crippen molar-refractivity contribution in [3.63, 3.8) is 0 Å². The average Bonchev–Trinajstić information content (AvgIpc) is 2.73. The lowest BCUT2D eigenvalue weighted by Gasteiger charge is -2.13. The molecule has 0 bridgehead atoms. The molecule has 0 aliphatic carbocycles. The predicted molar refractivity (Wildman–Crippen MR) is 79.9 cm³/mol. The molecule has 0 atom stereocenters. The Morgan fingerprint density at radius 2 is 1.57 bits per heavy atom. The first-order chi connectivity index (χ1) is 10.8. The van der Waals surface area contributed by atoms with E-state index in [0.717, 1.165) is 0 Å². The fourth-order valence-electron chi connectivity index (χ4n) is 1.52. The number of hydrogen-bond acceptors (Lipinski definition) is 4. The van der Waals surface area contributed by atoms with Gasteiger partial charge in [0, 0.05) is 30.5 Å². The smallest absolute Gasteiger partial charge is 0.269 e. The van der Waals surface area contributed by atoms with E-state index in [1.54, 1.807) is 31.2 Å². The lowest BCUT2D eigenvalue weighted by Crippen LogP contribution is -2.30. The van der Waals surface area contributed by atoms with Crippen LogP contribution in [0.1, 0.15) is 6.92 Å². The van der Waals surface area contributed by atoms with Crippen molar-refractivity contribution in [1.29, 1.82) is 0 Å². The van der Waals surface area contributed by atoms with Crippen LogP contribution in [0.3, 0.4) is 0 Å². The Bertz CT molecular complexity index is 826. The average molecular weight is 335 g/mol. The molecule has 1 aliphatic rings. The molecule has 0 aromatic heterocycles. The number of nitrogens with zero attached hydrogens (tertiary/aromatic N) is 7. The maximum Gasteiger partial charge on any atom is 0.321 e.